The van der Waals surface area contributed by atoms with Crippen LogP contribution in [0.5, 0.6) is 23.0 Å². The minimum Gasteiger partial charge on any atom is -0.490 e. The molecule has 156 valence electrons. The van der Waals surface area contributed by atoms with Crippen LogP contribution in [0.2, 0.25) is 0 Å². The van der Waals surface area contributed by atoms with Gasteiger partial charge >= 0.3 is 11.9 Å². The molecule has 0 spiro atoms. The first-order valence-electron chi connectivity index (χ1n) is 8.64. The molecule has 1 unspecified atom stereocenters. The summed E-state index contributed by atoms with van der Waals surface area (Å²) in [6.07, 6.45) is 2.97. The second-order valence-electron chi connectivity index (χ2n) is 5.92. The van der Waals surface area contributed by atoms with Gasteiger partial charge in [0.15, 0.2) is 11.5 Å². The molecule has 0 saturated heterocycles. The number of hydrogen-bond acceptors (Lipinski definition) is 9. The second-order valence-corrected chi connectivity index (χ2v) is 7.29. The molecule has 0 bridgehead atoms. The van der Waals surface area contributed by atoms with Crippen molar-refractivity contribution >= 4 is 33.5 Å². The number of carbonyl (C=O) groups excluding carboxylic acids is 2. The summed E-state index contributed by atoms with van der Waals surface area (Å²) in [5.41, 5.74) is 0. The number of esters is 2. The van der Waals surface area contributed by atoms with E-state index in [2.05, 4.69) is 9.97 Å². The lowest BCUT2D eigenvalue weighted by atomic mass is 10.1. The van der Waals surface area contributed by atoms with E-state index in [0.29, 0.717) is 15.7 Å². The van der Waals surface area contributed by atoms with Gasteiger partial charge in [-0.1, -0.05) is 0 Å². The molecule has 2 aromatic carbocycles. The summed E-state index contributed by atoms with van der Waals surface area (Å²) in [6, 6.07) is 6.31. The van der Waals surface area contributed by atoms with Gasteiger partial charge in [0.1, 0.15) is 10.8 Å². The van der Waals surface area contributed by atoms with Crippen LogP contribution in [0.4, 0.5) is 0 Å². The van der Waals surface area contributed by atoms with Gasteiger partial charge in [-0.2, -0.15) is 0 Å². The number of carbonyl (C=O) groups is 2. The van der Waals surface area contributed by atoms with Crippen molar-refractivity contribution in [2.24, 2.45) is 0 Å². The Morgan fingerprint density at radius 2 is 1.37 bits per heavy atom. The van der Waals surface area contributed by atoms with Gasteiger partial charge in [-0.15, -0.1) is 0 Å². The summed E-state index contributed by atoms with van der Waals surface area (Å²) >= 11 is 0. The van der Waals surface area contributed by atoms with Gasteiger partial charge in [-0.25, -0.2) is 14.2 Å². The van der Waals surface area contributed by atoms with Crippen molar-refractivity contribution in [3.63, 3.8) is 0 Å². The van der Waals surface area contributed by atoms with E-state index in [1.54, 1.807) is 18.2 Å². The number of fused-ring (bicyclic) bond motifs is 1. The van der Waals surface area contributed by atoms with Crippen LogP contribution in [0.3, 0.4) is 0 Å². The summed E-state index contributed by atoms with van der Waals surface area (Å²) < 4.78 is 34.4. The van der Waals surface area contributed by atoms with E-state index >= 15 is 0 Å². The summed E-state index contributed by atoms with van der Waals surface area (Å²) in [7, 11) is 1.02. The van der Waals surface area contributed by atoms with Gasteiger partial charge in [0.05, 0.1) is 14.2 Å². The maximum Gasteiger partial charge on any atom is 0.308 e. The lowest BCUT2D eigenvalue weighted by molar-refractivity contribution is -0.133. The fraction of sp³-hybridized carbons (Fsp3) is 0.200. The molecule has 0 amide bonds. The Morgan fingerprint density at radius 1 is 0.833 bits per heavy atom. The summed E-state index contributed by atoms with van der Waals surface area (Å²) in [5, 5.41) is 0.848. The predicted molar refractivity (Wildman–Crippen MR) is 106 cm³/mol. The average Bonchev–Trinajstić information content (AvgIpc) is 2.74. The molecule has 0 aliphatic heterocycles. The number of rotatable bonds is 6. The van der Waals surface area contributed by atoms with Gasteiger partial charge < -0.3 is 18.9 Å². The molecule has 1 atom stereocenters. The summed E-state index contributed by atoms with van der Waals surface area (Å²) in [6.45, 7) is 2.48. The standard InChI is InChI=1S/C20H18N2O7S/c1-11(23)28-16-14-7-6-13(30(25)20-21-8-5-9-22-20)10-15(14)17(29-12(2)24)19(27-4)18(16)26-3/h5-10H,1-4H3. The van der Waals surface area contributed by atoms with Crippen LogP contribution in [-0.2, 0) is 20.4 Å². The van der Waals surface area contributed by atoms with Crippen LogP contribution in [0.1, 0.15) is 13.8 Å². The first-order chi connectivity index (χ1) is 14.4. The molecule has 9 nitrogen and oxygen atoms in total. The number of benzene rings is 2. The van der Waals surface area contributed by atoms with E-state index in [1.807, 2.05) is 0 Å². The summed E-state index contributed by atoms with van der Waals surface area (Å²) in [4.78, 5) is 31.8. The molecule has 1 aromatic heterocycles. The Morgan fingerprint density at radius 3 is 1.87 bits per heavy atom. The van der Waals surface area contributed by atoms with Gasteiger partial charge in [0.2, 0.25) is 16.7 Å². The van der Waals surface area contributed by atoms with E-state index in [-0.39, 0.29) is 28.2 Å². The quantitative estimate of drug-likeness (QED) is 0.331. The smallest absolute Gasteiger partial charge is 0.308 e. The lowest BCUT2D eigenvalue weighted by Crippen LogP contribution is -2.09. The van der Waals surface area contributed by atoms with Gasteiger partial charge in [-0.3, -0.25) is 9.59 Å². The molecule has 0 N–H and O–H groups in total. The topological polar surface area (TPSA) is 114 Å². The number of hydrogen-bond donors (Lipinski definition) is 0. The zero-order valence-corrected chi connectivity index (χ0v) is 17.4. The van der Waals surface area contributed by atoms with Crippen LogP contribution in [0, 0.1) is 0 Å². The normalized spacial score (nSPS) is 11.6. The fourth-order valence-corrected chi connectivity index (χ4v) is 3.76. The molecule has 0 aliphatic carbocycles. The van der Waals surface area contributed by atoms with E-state index in [9.17, 15) is 13.8 Å². The number of nitrogens with zero attached hydrogens (tertiary/aromatic N) is 2. The zero-order chi connectivity index (χ0) is 21.8. The molecule has 1 heterocycles. The maximum atomic E-state index is 12.9. The van der Waals surface area contributed by atoms with Crippen molar-refractivity contribution in [1.29, 1.82) is 0 Å². The SMILES string of the molecule is COc1c(OC)c(OC(C)=O)c2cc(S(=O)c3ncccn3)ccc2c1OC(C)=O. The Labute approximate surface area is 174 Å². The lowest BCUT2D eigenvalue weighted by Gasteiger charge is -2.19. The number of ether oxygens (including phenoxy) is 4. The van der Waals surface area contributed by atoms with Gasteiger partial charge in [0.25, 0.3) is 0 Å². The first-order valence-corrected chi connectivity index (χ1v) is 9.79. The molecular formula is C20H18N2O7S. The monoisotopic (exact) mass is 430 g/mol. The Bertz CT molecular complexity index is 1150. The number of methoxy groups -OCH3 is 2. The van der Waals surface area contributed by atoms with E-state index in [0.717, 1.165) is 0 Å². The Balaban J connectivity index is 2.34. The third kappa shape index (κ3) is 4.08. The zero-order valence-electron chi connectivity index (χ0n) is 16.6. The molecule has 0 fully saturated rings. The molecule has 3 aromatic rings. The van der Waals surface area contributed by atoms with E-state index in [4.69, 9.17) is 18.9 Å². The van der Waals surface area contributed by atoms with Crippen LogP contribution in [-0.4, -0.2) is 40.3 Å². The predicted octanol–water partition coefficient (Wildman–Crippen LogP) is 2.66. The van der Waals surface area contributed by atoms with Crippen LogP contribution >= 0.6 is 0 Å². The molecular weight excluding hydrogens is 412 g/mol. The first kappa shape index (κ1) is 21.2. The highest BCUT2D eigenvalue weighted by molar-refractivity contribution is 7.85. The van der Waals surface area contributed by atoms with Crippen molar-refractivity contribution in [3.8, 4) is 23.0 Å². The molecule has 0 aliphatic rings. The van der Waals surface area contributed by atoms with Crippen molar-refractivity contribution < 1.29 is 32.7 Å². The summed E-state index contributed by atoms with van der Waals surface area (Å²) in [5.74, 6) is -0.925. The minimum atomic E-state index is -1.70. The van der Waals surface area contributed by atoms with Crippen LogP contribution in [0.25, 0.3) is 10.8 Å². The Hall–Kier alpha value is -3.53. The highest BCUT2D eigenvalue weighted by Crippen LogP contribution is 2.51. The highest BCUT2D eigenvalue weighted by Gasteiger charge is 2.26. The third-order valence-electron chi connectivity index (χ3n) is 3.92. The molecule has 30 heavy (non-hydrogen) atoms. The average molecular weight is 430 g/mol. The third-order valence-corrected chi connectivity index (χ3v) is 5.15. The van der Waals surface area contributed by atoms with Gasteiger partial charge in [-0.05, 0) is 24.3 Å². The van der Waals surface area contributed by atoms with Crippen molar-refractivity contribution in [1.82, 2.24) is 9.97 Å². The molecule has 0 radical (unpaired) electrons. The molecule has 3 rings (SSSR count). The Kier molecular flexibility index (Phi) is 6.26. The van der Waals surface area contributed by atoms with Crippen LogP contribution < -0.4 is 18.9 Å². The highest BCUT2D eigenvalue weighted by atomic mass is 32.2. The largest absolute Gasteiger partial charge is 0.490 e. The van der Waals surface area contributed by atoms with Crippen molar-refractivity contribution in [3.05, 3.63) is 36.7 Å². The number of aromatic nitrogens is 2. The van der Waals surface area contributed by atoms with E-state index < -0.39 is 22.7 Å². The van der Waals surface area contributed by atoms with Crippen molar-refractivity contribution in [2.75, 3.05) is 14.2 Å². The molecule has 0 saturated carbocycles. The van der Waals surface area contributed by atoms with E-state index in [1.165, 1.54) is 46.5 Å². The van der Waals surface area contributed by atoms with Gasteiger partial charge in [0, 0.05) is 41.9 Å². The fourth-order valence-electron chi connectivity index (χ4n) is 2.82. The maximum absolute atomic E-state index is 12.9. The van der Waals surface area contributed by atoms with Crippen molar-refractivity contribution in [2.45, 2.75) is 23.9 Å². The minimum absolute atomic E-state index is 0.0422. The van der Waals surface area contributed by atoms with Crippen LogP contribution in [0.15, 0.2) is 46.7 Å². The molecule has 10 heteroatoms. The second kappa shape index (κ2) is 8.87.